The molecule has 0 saturated carbocycles. The third-order valence-electron chi connectivity index (χ3n) is 3.89. The van der Waals surface area contributed by atoms with Crippen LogP contribution in [0.3, 0.4) is 0 Å². The van der Waals surface area contributed by atoms with E-state index in [9.17, 15) is 22.8 Å². The molecule has 2 aliphatic rings. The van der Waals surface area contributed by atoms with Crippen LogP contribution in [-0.2, 0) is 11.0 Å². The molecule has 2 saturated heterocycles. The monoisotopic (exact) mass is 391 g/mol. The van der Waals surface area contributed by atoms with Crippen molar-refractivity contribution in [3.63, 3.8) is 0 Å². The van der Waals surface area contributed by atoms with E-state index in [0.29, 0.717) is 37.0 Å². The Morgan fingerprint density at radius 2 is 2.08 bits per heavy atom. The Morgan fingerprint density at radius 1 is 1.36 bits per heavy atom. The number of anilines is 1. The average molecular weight is 392 g/mol. The van der Waals surface area contributed by atoms with Crippen molar-refractivity contribution in [3.8, 4) is 0 Å². The van der Waals surface area contributed by atoms with Gasteiger partial charge in [0.25, 0.3) is 11.1 Å². The summed E-state index contributed by atoms with van der Waals surface area (Å²) in [7, 11) is 0. The van der Waals surface area contributed by atoms with Gasteiger partial charge in [-0.05, 0) is 36.4 Å². The lowest BCUT2D eigenvalue weighted by Crippen LogP contribution is -2.27. The second-order valence-electron chi connectivity index (χ2n) is 5.74. The first-order valence-corrected chi connectivity index (χ1v) is 8.50. The van der Waals surface area contributed by atoms with Crippen molar-refractivity contribution in [2.24, 2.45) is 5.73 Å². The lowest BCUT2D eigenvalue weighted by atomic mass is 10.1. The minimum atomic E-state index is -4.59. The largest absolute Gasteiger partial charge is 0.416 e. The summed E-state index contributed by atoms with van der Waals surface area (Å²) in [5.74, 6) is -0.646. The zero-order valence-electron chi connectivity index (χ0n) is 12.7. The third kappa shape index (κ3) is 3.78. The molecule has 0 spiro atoms. The maximum absolute atomic E-state index is 13.1. The van der Waals surface area contributed by atoms with Crippen LogP contribution in [0.25, 0.3) is 6.08 Å². The van der Waals surface area contributed by atoms with Crippen LogP contribution >= 0.6 is 23.4 Å². The van der Waals surface area contributed by atoms with Gasteiger partial charge in [-0.25, -0.2) is 0 Å². The lowest BCUT2D eigenvalue weighted by molar-refractivity contribution is -0.137. The van der Waals surface area contributed by atoms with Gasteiger partial charge in [0, 0.05) is 24.7 Å². The van der Waals surface area contributed by atoms with Gasteiger partial charge in [0.2, 0.25) is 0 Å². The van der Waals surface area contributed by atoms with E-state index in [-0.39, 0.29) is 21.5 Å². The normalized spacial score (nSPS) is 22.8. The van der Waals surface area contributed by atoms with E-state index < -0.39 is 22.9 Å². The number of carbonyl (C=O) groups is 2. The third-order valence-corrected chi connectivity index (χ3v) is 4.99. The summed E-state index contributed by atoms with van der Waals surface area (Å²) < 4.78 is 39.4. The number of nitrogens with two attached hydrogens (primary N) is 1. The van der Waals surface area contributed by atoms with Crippen LogP contribution in [0.4, 0.5) is 23.7 Å². The molecule has 134 valence electrons. The van der Waals surface area contributed by atoms with Crippen molar-refractivity contribution >= 4 is 46.3 Å². The molecule has 5 nitrogen and oxygen atoms in total. The maximum Gasteiger partial charge on any atom is 0.416 e. The Labute approximate surface area is 150 Å². The van der Waals surface area contributed by atoms with E-state index >= 15 is 0 Å². The fourth-order valence-corrected chi connectivity index (χ4v) is 3.80. The first kappa shape index (κ1) is 18.1. The molecule has 0 radical (unpaired) electrons. The van der Waals surface area contributed by atoms with Crippen molar-refractivity contribution in [3.05, 3.63) is 33.2 Å². The van der Waals surface area contributed by atoms with Crippen LogP contribution in [0.1, 0.15) is 17.5 Å². The van der Waals surface area contributed by atoms with Crippen LogP contribution < -0.4 is 16.0 Å². The minimum absolute atomic E-state index is 0.0186. The van der Waals surface area contributed by atoms with Gasteiger partial charge >= 0.3 is 6.18 Å². The van der Waals surface area contributed by atoms with E-state index in [1.807, 2.05) is 0 Å². The molecular weight excluding hydrogens is 379 g/mol. The van der Waals surface area contributed by atoms with Gasteiger partial charge in [0.1, 0.15) is 0 Å². The Bertz CT molecular complexity index is 782. The first-order valence-electron chi connectivity index (χ1n) is 7.31. The van der Waals surface area contributed by atoms with E-state index in [4.69, 9.17) is 17.3 Å². The van der Waals surface area contributed by atoms with Crippen molar-refractivity contribution in [2.75, 3.05) is 18.0 Å². The lowest BCUT2D eigenvalue weighted by Gasteiger charge is -2.23. The number of alkyl halides is 3. The minimum Gasteiger partial charge on any atom is -0.368 e. The number of benzene rings is 1. The molecule has 0 aliphatic carbocycles. The Hall–Kier alpha value is -1.71. The molecule has 1 aromatic carbocycles. The summed E-state index contributed by atoms with van der Waals surface area (Å²) in [6.07, 6.45) is -2.65. The molecule has 10 heteroatoms. The van der Waals surface area contributed by atoms with E-state index in [2.05, 4.69) is 5.32 Å². The molecule has 2 heterocycles. The summed E-state index contributed by atoms with van der Waals surface area (Å²) in [5.41, 5.74) is 5.45. The predicted molar refractivity (Wildman–Crippen MR) is 90.4 cm³/mol. The fraction of sp³-hybridized carbons (Fsp3) is 0.333. The van der Waals surface area contributed by atoms with Crippen molar-refractivity contribution in [1.82, 2.24) is 5.32 Å². The summed E-state index contributed by atoms with van der Waals surface area (Å²) in [6.45, 7) is 0.986. The van der Waals surface area contributed by atoms with Gasteiger partial charge in [-0.2, -0.15) is 13.2 Å². The summed E-state index contributed by atoms with van der Waals surface area (Å²) in [4.78, 5) is 24.8. The molecule has 1 atom stereocenters. The highest BCUT2D eigenvalue weighted by molar-refractivity contribution is 8.18. The van der Waals surface area contributed by atoms with Crippen molar-refractivity contribution in [1.29, 1.82) is 0 Å². The van der Waals surface area contributed by atoms with Crippen molar-refractivity contribution < 1.29 is 22.8 Å². The number of nitrogens with one attached hydrogen (secondary N) is 1. The number of nitrogens with zero attached hydrogens (tertiary/aromatic N) is 1. The Kier molecular flexibility index (Phi) is 4.74. The molecule has 0 bridgehead atoms. The number of carbonyl (C=O) groups excluding carboxylic acids is 2. The summed E-state index contributed by atoms with van der Waals surface area (Å²) in [5, 5.41) is 1.42. The van der Waals surface area contributed by atoms with Gasteiger partial charge < -0.3 is 10.6 Å². The number of imide groups is 1. The topological polar surface area (TPSA) is 75.4 Å². The van der Waals surface area contributed by atoms with Gasteiger partial charge in [0.15, 0.2) is 0 Å². The molecule has 25 heavy (non-hydrogen) atoms. The predicted octanol–water partition coefficient (Wildman–Crippen LogP) is 3.22. The second kappa shape index (κ2) is 6.54. The van der Waals surface area contributed by atoms with Crippen LogP contribution in [0.15, 0.2) is 17.0 Å². The quantitative estimate of drug-likeness (QED) is 0.757. The van der Waals surface area contributed by atoms with E-state index in [1.165, 1.54) is 6.08 Å². The molecule has 2 aliphatic heterocycles. The van der Waals surface area contributed by atoms with Gasteiger partial charge in [-0.3, -0.25) is 14.9 Å². The highest BCUT2D eigenvalue weighted by Crippen LogP contribution is 2.40. The van der Waals surface area contributed by atoms with Gasteiger partial charge in [-0.1, -0.05) is 11.6 Å². The SMILES string of the molecule is N[C@H]1CCN(c2c(Cl)cc(C(F)(F)F)cc2C=C2SC(=O)NC2=O)C1. The van der Waals surface area contributed by atoms with Gasteiger partial charge in [-0.15, -0.1) is 0 Å². The summed E-state index contributed by atoms with van der Waals surface area (Å²) in [6, 6.07) is 1.68. The molecule has 2 fully saturated rings. The molecule has 2 amide bonds. The second-order valence-corrected chi connectivity index (χ2v) is 7.16. The van der Waals surface area contributed by atoms with E-state index in [1.54, 1.807) is 4.90 Å². The number of rotatable bonds is 2. The Balaban J connectivity index is 2.12. The fourth-order valence-electron chi connectivity index (χ4n) is 2.78. The molecule has 3 N–H and O–H groups in total. The van der Waals surface area contributed by atoms with Crippen LogP contribution in [0.2, 0.25) is 5.02 Å². The van der Waals surface area contributed by atoms with Crippen LogP contribution in [0, 0.1) is 0 Å². The number of hydrogen-bond donors (Lipinski definition) is 2. The van der Waals surface area contributed by atoms with Crippen LogP contribution in [-0.4, -0.2) is 30.3 Å². The highest BCUT2D eigenvalue weighted by atomic mass is 35.5. The van der Waals surface area contributed by atoms with E-state index in [0.717, 1.165) is 12.1 Å². The molecule has 0 aromatic heterocycles. The molecule has 3 rings (SSSR count). The maximum atomic E-state index is 13.1. The zero-order chi connectivity index (χ0) is 18.4. The number of amides is 2. The number of halogens is 4. The summed E-state index contributed by atoms with van der Waals surface area (Å²) >= 11 is 6.77. The average Bonchev–Trinajstić information content (AvgIpc) is 3.03. The zero-order valence-corrected chi connectivity index (χ0v) is 14.3. The molecule has 1 aromatic rings. The van der Waals surface area contributed by atoms with Crippen molar-refractivity contribution in [2.45, 2.75) is 18.6 Å². The van der Waals surface area contributed by atoms with Crippen LogP contribution in [0.5, 0.6) is 0 Å². The Morgan fingerprint density at radius 3 is 2.60 bits per heavy atom. The molecular formula is C15H13ClF3N3O2S. The standard InChI is InChI=1S/C15H13ClF3N3O2S/c16-10-5-8(15(17,18)19)3-7(4-11-13(23)21-14(24)25-11)12(10)22-2-1-9(20)6-22/h3-5,9H,1-2,6,20H2,(H,21,23,24)/t9-/m0/s1. The molecule has 0 unspecified atom stereocenters. The number of thioether (sulfide) groups is 1. The highest BCUT2D eigenvalue weighted by Gasteiger charge is 2.34. The smallest absolute Gasteiger partial charge is 0.368 e. The number of hydrogen-bond acceptors (Lipinski definition) is 5. The van der Waals surface area contributed by atoms with Gasteiger partial charge in [0.05, 0.1) is 21.2 Å². The first-order chi connectivity index (χ1) is 11.6.